The minimum atomic E-state index is -2.31. The molecule has 0 aromatic carbocycles. The van der Waals surface area contributed by atoms with Gasteiger partial charge in [0, 0.05) is 188 Å². The molecule has 0 spiro atoms. The Hall–Kier alpha value is -2.74. The van der Waals surface area contributed by atoms with Gasteiger partial charge in [0.25, 0.3) is 0 Å². The molecule has 8 rings (SSSR count). The molecule has 8 aliphatic rings. The molecule has 0 aromatic heterocycles. The minimum absolute atomic E-state index is 0.913. The zero-order valence-corrected chi connectivity index (χ0v) is 66.1. The summed E-state index contributed by atoms with van der Waals surface area (Å²) in [5.41, 5.74) is 0. The molecule has 0 unspecified atom stereocenters. The van der Waals surface area contributed by atoms with Crippen molar-refractivity contribution in [3.8, 4) is 23.9 Å². The van der Waals surface area contributed by atoms with Crippen LogP contribution in [0.5, 0.6) is 0 Å². The van der Waals surface area contributed by atoms with E-state index in [1.54, 1.807) is 56.9 Å². The van der Waals surface area contributed by atoms with E-state index < -0.39 is 28.5 Å². The predicted octanol–water partition coefficient (Wildman–Crippen LogP) is -1.20. The zero-order valence-electron chi connectivity index (χ0n) is 66.1. The SMILES string of the molecule is CC[N+]1(COC)CCCC1.CC[N+]1(COC)CCCC1.CC[N+]1(COC)CCCC1.CC[N+]1(COC)CCCC1.CC[N+]1(COC)CCCC1.CC[N+]1(COC)CCCC1.CC[N+]1(COC)CCCC1.CC[N+]1(COC)CCCC1.N#CB([O-])[O-].N#CB([O-])[O-].N#CB([O-])[O-].N#CB([O-])[O-]. The molecule has 0 radical (unpaired) electrons. The lowest BCUT2D eigenvalue weighted by molar-refractivity contribution is -0.932. The summed E-state index contributed by atoms with van der Waals surface area (Å²) < 4.78 is 51.1. The summed E-state index contributed by atoms with van der Waals surface area (Å²) >= 11 is 0. The summed E-state index contributed by atoms with van der Waals surface area (Å²) in [6, 6.07) is 0. The number of methoxy groups -OCH3 is 8. The first-order chi connectivity index (χ1) is 47.7. The molecule has 100 heavy (non-hydrogen) atoms. The lowest BCUT2D eigenvalue weighted by Gasteiger charge is -2.31. The van der Waals surface area contributed by atoms with Crippen molar-refractivity contribution in [2.24, 2.45) is 0 Å². The van der Waals surface area contributed by atoms with Gasteiger partial charge in [-0.25, -0.2) is 21.0 Å². The van der Waals surface area contributed by atoms with Crippen LogP contribution in [0.3, 0.4) is 0 Å². The third-order valence-corrected chi connectivity index (χ3v) is 21.1. The van der Waals surface area contributed by atoms with Crippen LogP contribution in [-0.2, 0) is 37.9 Å². The summed E-state index contributed by atoms with van der Waals surface area (Å²) in [5.74, 6) is 3.67. The number of nitrogens with zero attached hydrogens (tertiary/aromatic N) is 12. The molecule has 28 nitrogen and oxygen atoms in total. The van der Waals surface area contributed by atoms with Crippen LogP contribution in [0.25, 0.3) is 0 Å². The van der Waals surface area contributed by atoms with Crippen molar-refractivity contribution in [3.05, 3.63) is 0 Å². The topological polar surface area (TPSA) is 353 Å². The maximum Gasteiger partial charge on any atom is 0.182 e. The second kappa shape index (κ2) is 63.5. The molecule has 8 aliphatic heterocycles. The number of hydrogen-bond acceptors (Lipinski definition) is 20. The van der Waals surface area contributed by atoms with Crippen molar-refractivity contribution >= 4 is 28.5 Å². The highest BCUT2D eigenvalue weighted by molar-refractivity contribution is 6.47. The van der Waals surface area contributed by atoms with Gasteiger partial charge < -0.3 is 114 Å². The van der Waals surface area contributed by atoms with E-state index in [0.717, 1.165) is 77.7 Å². The Morgan fingerprint density at radius 3 is 0.320 bits per heavy atom. The average Bonchev–Trinajstić information content (AvgIpc) is 2.22. The van der Waals surface area contributed by atoms with Gasteiger partial charge >= 0.3 is 0 Å². The fourth-order valence-corrected chi connectivity index (χ4v) is 14.5. The summed E-state index contributed by atoms with van der Waals surface area (Å²) in [6.45, 7) is 56.4. The molecule has 8 fully saturated rings. The van der Waals surface area contributed by atoms with Crippen LogP contribution in [0.4, 0.5) is 0 Å². The Morgan fingerprint density at radius 1 is 0.210 bits per heavy atom. The van der Waals surface area contributed by atoms with Crippen LogP contribution >= 0.6 is 0 Å². The van der Waals surface area contributed by atoms with E-state index >= 15 is 0 Å². The van der Waals surface area contributed by atoms with Crippen molar-refractivity contribution in [1.29, 1.82) is 21.0 Å². The Morgan fingerprint density at radius 2 is 0.280 bits per heavy atom. The lowest BCUT2D eigenvalue weighted by Crippen LogP contribution is -2.46. The van der Waals surface area contributed by atoms with Gasteiger partial charge in [-0.05, 0) is 79.3 Å². The van der Waals surface area contributed by atoms with E-state index in [1.165, 1.54) is 296 Å². The molecule has 32 heteroatoms. The summed E-state index contributed by atoms with van der Waals surface area (Å²) in [7, 11) is 5.16. The summed E-state index contributed by atoms with van der Waals surface area (Å²) in [4.78, 5) is 0. The van der Waals surface area contributed by atoms with Crippen LogP contribution in [-0.4, -0.2) is 332 Å². The van der Waals surface area contributed by atoms with Crippen LogP contribution in [0.2, 0.25) is 0 Å². The molecule has 0 saturated carbocycles. The number of rotatable bonds is 24. The maximum absolute atomic E-state index is 8.98. The second-order valence-electron chi connectivity index (χ2n) is 27.7. The molecule has 584 valence electrons. The first kappa shape index (κ1) is 104. The first-order valence-electron chi connectivity index (χ1n) is 37.3. The third-order valence-electron chi connectivity index (χ3n) is 21.1. The molecule has 0 N–H and O–H groups in total. The van der Waals surface area contributed by atoms with E-state index in [0.29, 0.717) is 0 Å². The normalized spacial score (nSPS) is 19.9. The van der Waals surface area contributed by atoms with Gasteiger partial charge in [-0.1, -0.05) is 0 Å². The molecule has 0 bridgehead atoms. The number of nitriles is 4. The summed E-state index contributed by atoms with van der Waals surface area (Å²) in [6.07, 6.45) is 22.2. The third kappa shape index (κ3) is 47.7. The number of likely N-dealkylation sites (tertiary alicyclic amines) is 8. The van der Waals surface area contributed by atoms with E-state index in [2.05, 4.69) is 55.4 Å². The van der Waals surface area contributed by atoms with Gasteiger partial charge in [-0.15, -0.1) is 0 Å². The largest absolute Gasteiger partial charge is 0.881 e. The van der Waals surface area contributed by atoms with Gasteiger partial charge in [0.2, 0.25) is 0 Å². The first-order valence-corrected chi connectivity index (χ1v) is 37.3. The molecule has 0 atom stereocenters. The quantitative estimate of drug-likeness (QED) is 0.0809. The molecular formula is C68H144B4N12O16. The van der Waals surface area contributed by atoms with Gasteiger partial charge in [-0.2, -0.15) is 0 Å². The number of ether oxygens (including phenoxy) is 8. The standard InChI is InChI=1S/8C8H18NO.4CBNO2/c8*1-3-9(8-10-2)6-4-5-7-9;4*3-1-2(4)5/h8*3-8H2,1-2H3;;;;/q8*+1;4*-2. The smallest absolute Gasteiger partial charge is 0.182 e. The van der Waals surface area contributed by atoms with Crippen LogP contribution in [0.1, 0.15) is 158 Å². The Kier molecular flexibility index (Phi) is 65.8. The van der Waals surface area contributed by atoms with Crippen molar-refractivity contribution in [3.63, 3.8) is 0 Å². The minimum Gasteiger partial charge on any atom is -0.881 e. The van der Waals surface area contributed by atoms with E-state index in [4.69, 9.17) is 99.1 Å². The van der Waals surface area contributed by atoms with Crippen molar-refractivity contribution < 1.29 is 114 Å². The van der Waals surface area contributed by atoms with E-state index in [-0.39, 0.29) is 0 Å². The molecule has 8 heterocycles. The zero-order chi connectivity index (χ0) is 76.7. The number of quaternary nitrogens is 8. The van der Waals surface area contributed by atoms with Crippen molar-refractivity contribution in [2.75, 3.05) is 268 Å². The van der Waals surface area contributed by atoms with E-state index in [9.17, 15) is 0 Å². The van der Waals surface area contributed by atoms with Gasteiger partial charge in [-0.3, -0.25) is 0 Å². The molecule has 0 aromatic rings. The highest BCUT2D eigenvalue weighted by Gasteiger charge is 2.35. The molecule has 0 aliphatic carbocycles. The predicted molar refractivity (Wildman–Crippen MR) is 379 cm³/mol. The van der Waals surface area contributed by atoms with E-state index in [1.807, 2.05) is 0 Å². The Balaban J connectivity index is -0.000000508. The Labute approximate surface area is 610 Å². The highest BCUT2D eigenvalue weighted by atomic mass is 16.5. The molecular weight excluding hydrogens is 1280 g/mol. The molecule has 8 saturated heterocycles. The van der Waals surface area contributed by atoms with Crippen LogP contribution in [0.15, 0.2) is 0 Å². The van der Waals surface area contributed by atoms with Crippen molar-refractivity contribution in [1.82, 2.24) is 0 Å². The Bertz CT molecular complexity index is 1640. The fraction of sp³-hybridized carbons (Fsp3) is 0.941. The lowest BCUT2D eigenvalue weighted by atomic mass is 9.97. The summed E-state index contributed by atoms with van der Waals surface area (Å²) in [5, 5.41) is 101. The van der Waals surface area contributed by atoms with Crippen LogP contribution in [0, 0.1) is 44.9 Å². The van der Waals surface area contributed by atoms with Gasteiger partial charge in [0.1, 0.15) is 0 Å². The molecule has 0 amide bonds. The second-order valence-corrected chi connectivity index (χ2v) is 27.7. The number of hydrogen-bond donors (Lipinski definition) is 0. The van der Waals surface area contributed by atoms with Gasteiger partial charge in [0.05, 0.1) is 157 Å². The van der Waals surface area contributed by atoms with Crippen molar-refractivity contribution in [2.45, 2.75) is 158 Å². The van der Waals surface area contributed by atoms with Gasteiger partial charge in [0.15, 0.2) is 53.8 Å². The maximum atomic E-state index is 8.98. The fourth-order valence-electron chi connectivity index (χ4n) is 14.5. The highest BCUT2D eigenvalue weighted by Crippen LogP contribution is 2.24. The average molecular weight is 1430 g/mol. The van der Waals surface area contributed by atoms with Crippen LogP contribution < -0.4 is 40.2 Å². The monoisotopic (exact) mass is 1430 g/mol.